The van der Waals surface area contributed by atoms with Gasteiger partial charge in [-0.15, -0.1) is 0 Å². The van der Waals surface area contributed by atoms with E-state index in [0.717, 1.165) is 5.75 Å². The normalized spacial score (nSPS) is 18.0. The fourth-order valence-electron chi connectivity index (χ4n) is 2.43. The minimum absolute atomic E-state index is 0.136. The highest BCUT2D eigenvalue weighted by molar-refractivity contribution is 5.50. The molecule has 0 heterocycles. The van der Waals surface area contributed by atoms with E-state index in [-0.39, 0.29) is 5.41 Å². The summed E-state index contributed by atoms with van der Waals surface area (Å²) in [6.45, 7) is 11.3. The number of hydrogen-bond donors (Lipinski definition) is 0. The van der Waals surface area contributed by atoms with Gasteiger partial charge in [-0.3, -0.25) is 0 Å². The van der Waals surface area contributed by atoms with Crippen LogP contribution in [0, 0.1) is 6.92 Å². The first-order valence-electron chi connectivity index (χ1n) is 6.47. The van der Waals surface area contributed by atoms with Crippen LogP contribution in [0.25, 0.3) is 0 Å². The SMILES string of the molecule is COc1c(C)cc(C2(C)CC2)cc1C(C)(C)C. The Morgan fingerprint density at radius 3 is 2.18 bits per heavy atom. The van der Waals surface area contributed by atoms with Crippen LogP contribution in [0.5, 0.6) is 5.75 Å². The average Bonchev–Trinajstić information content (AvgIpc) is 2.95. The van der Waals surface area contributed by atoms with Crippen LogP contribution in [0.1, 0.15) is 57.2 Å². The lowest BCUT2D eigenvalue weighted by Gasteiger charge is -2.25. The fourth-order valence-corrected chi connectivity index (χ4v) is 2.43. The molecule has 17 heavy (non-hydrogen) atoms. The van der Waals surface area contributed by atoms with E-state index in [4.69, 9.17) is 4.74 Å². The van der Waals surface area contributed by atoms with Gasteiger partial charge in [0.25, 0.3) is 0 Å². The minimum Gasteiger partial charge on any atom is -0.496 e. The van der Waals surface area contributed by atoms with Gasteiger partial charge in [0, 0.05) is 5.56 Å². The fraction of sp³-hybridized carbons (Fsp3) is 0.625. The van der Waals surface area contributed by atoms with E-state index in [1.807, 2.05) is 0 Å². The molecule has 0 saturated heterocycles. The first-order chi connectivity index (χ1) is 7.78. The van der Waals surface area contributed by atoms with Crippen LogP contribution in [0.3, 0.4) is 0 Å². The lowest BCUT2D eigenvalue weighted by atomic mass is 9.82. The van der Waals surface area contributed by atoms with Gasteiger partial charge in [0.2, 0.25) is 0 Å². The summed E-state index contributed by atoms with van der Waals surface area (Å²) in [5.74, 6) is 1.06. The van der Waals surface area contributed by atoms with Crippen LogP contribution < -0.4 is 4.74 Å². The molecule has 0 bridgehead atoms. The number of rotatable bonds is 2. The molecule has 0 unspecified atom stereocenters. The Bertz CT molecular complexity index is 434. The maximum atomic E-state index is 5.59. The highest BCUT2D eigenvalue weighted by Crippen LogP contribution is 2.49. The third-order valence-corrected chi connectivity index (χ3v) is 3.98. The van der Waals surface area contributed by atoms with Crippen LogP contribution in [0.15, 0.2) is 12.1 Å². The molecule has 1 nitrogen and oxygen atoms in total. The zero-order valence-corrected chi connectivity index (χ0v) is 12.0. The molecule has 0 spiro atoms. The predicted octanol–water partition coefficient (Wildman–Crippen LogP) is 4.35. The Kier molecular flexibility index (Phi) is 2.76. The molecule has 0 amide bonds. The quantitative estimate of drug-likeness (QED) is 0.736. The third kappa shape index (κ3) is 2.20. The summed E-state index contributed by atoms with van der Waals surface area (Å²) < 4.78 is 5.59. The second kappa shape index (κ2) is 3.76. The van der Waals surface area contributed by atoms with Crippen molar-refractivity contribution in [3.63, 3.8) is 0 Å². The smallest absolute Gasteiger partial charge is 0.125 e. The summed E-state index contributed by atoms with van der Waals surface area (Å²) in [6, 6.07) is 4.67. The molecule has 1 saturated carbocycles. The van der Waals surface area contributed by atoms with Gasteiger partial charge in [0.1, 0.15) is 5.75 Å². The van der Waals surface area contributed by atoms with Gasteiger partial charge in [-0.05, 0) is 41.7 Å². The first-order valence-corrected chi connectivity index (χ1v) is 6.47. The maximum absolute atomic E-state index is 5.59. The number of ether oxygens (including phenoxy) is 1. The van der Waals surface area contributed by atoms with E-state index in [9.17, 15) is 0 Å². The third-order valence-electron chi connectivity index (χ3n) is 3.98. The van der Waals surface area contributed by atoms with E-state index in [0.29, 0.717) is 5.41 Å². The van der Waals surface area contributed by atoms with Crippen LogP contribution in [0.2, 0.25) is 0 Å². The molecule has 1 aliphatic rings. The Hall–Kier alpha value is -0.980. The zero-order valence-electron chi connectivity index (χ0n) is 12.0. The largest absolute Gasteiger partial charge is 0.496 e. The van der Waals surface area contributed by atoms with Gasteiger partial charge in [-0.25, -0.2) is 0 Å². The van der Waals surface area contributed by atoms with Gasteiger partial charge < -0.3 is 4.74 Å². The molecule has 2 rings (SSSR count). The molecule has 0 atom stereocenters. The summed E-state index contributed by atoms with van der Waals surface area (Å²) in [5.41, 5.74) is 4.65. The second-order valence-electron chi connectivity index (χ2n) is 6.68. The van der Waals surface area contributed by atoms with Crippen molar-refractivity contribution in [3.8, 4) is 5.75 Å². The molecule has 94 valence electrons. The van der Waals surface area contributed by atoms with Crippen LogP contribution in [-0.2, 0) is 10.8 Å². The Morgan fingerprint density at radius 2 is 1.76 bits per heavy atom. The molecule has 1 aromatic carbocycles. The van der Waals surface area contributed by atoms with Gasteiger partial charge in [-0.1, -0.05) is 39.8 Å². The first kappa shape index (κ1) is 12.5. The molecule has 1 heteroatoms. The van der Waals surface area contributed by atoms with E-state index in [1.54, 1.807) is 7.11 Å². The molecule has 0 aliphatic heterocycles. The Labute approximate surface area is 105 Å². The topological polar surface area (TPSA) is 9.23 Å². The molecular formula is C16H24O. The van der Waals surface area contributed by atoms with Crippen LogP contribution >= 0.6 is 0 Å². The Balaban J connectivity index is 2.58. The number of aryl methyl sites for hydroxylation is 1. The van der Waals surface area contributed by atoms with Crippen LogP contribution in [0.4, 0.5) is 0 Å². The minimum atomic E-state index is 0.136. The van der Waals surface area contributed by atoms with Gasteiger partial charge in [-0.2, -0.15) is 0 Å². The van der Waals surface area contributed by atoms with Crippen molar-refractivity contribution in [2.75, 3.05) is 7.11 Å². The van der Waals surface area contributed by atoms with Gasteiger partial charge >= 0.3 is 0 Å². The van der Waals surface area contributed by atoms with Crippen molar-refractivity contribution >= 4 is 0 Å². The predicted molar refractivity (Wildman–Crippen MR) is 73.0 cm³/mol. The molecule has 1 fully saturated rings. The molecule has 0 radical (unpaired) electrons. The lowest BCUT2D eigenvalue weighted by molar-refractivity contribution is 0.394. The van der Waals surface area contributed by atoms with Crippen molar-refractivity contribution in [2.45, 2.75) is 58.3 Å². The van der Waals surface area contributed by atoms with E-state index < -0.39 is 0 Å². The second-order valence-corrected chi connectivity index (χ2v) is 6.68. The molecule has 1 aliphatic carbocycles. The Morgan fingerprint density at radius 1 is 1.18 bits per heavy atom. The van der Waals surface area contributed by atoms with Crippen molar-refractivity contribution in [2.24, 2.45) is 0 Å². The summed E-state index contributed by atoms with van der Waals surface area (Å²) in [6.07, 6.45) is 2.64. The number of hydrogen-bond acceptors (Lipinski definition) is 1. The van der Waals surface area contributed by atoms with Gasteiger partial charge in [0.15, 0.2) is 0 Å². The molecule has 0 aromatic heterocycles. The maximum Gasteiger partial charge on any atom is 0.125 e. The number of methoxy groups -OCH3 is 1. The van der Waals surface area contributed by atoms with Crippen molar-refractivity contribution in [1.82, 2.24) is 0 Å². The van der Waals surface area contributed by atoms with Crippen molar-refractivity contribution in [3.05, 3.63) is 28.8 Å². The van der Waals surface area contributed by atoms with E-state index in [2.05, 4.69) is 46.8 Å². The van der Waals surface area contributed by atoms with Gasteiger partial charge in [0.05, 0.1) is 7.11 Å². The number of benzene rings is 1. The van der Waals surface area contributed by atoms with Crippen molar-refractivity contribution in [1.29, 1.82) is 0 Å². The average molecular weight is 232 g/mol. The van der Waals surface area contributed by atoms with E-state index in [1.165, 1.54) is 29.5 Å². The standard InChI is InChI=1S/C16H24O/c1-11-9-12(16(5)7-8-16)10-13(14(11)17-6)15(2,3)4/h9-10H,7-8H2,1-6H3. The molecule has 1 aromatic rings. The summed E-state index contributed by atoms with van der Waals surface area (Å²) >= 11 is 0. The monoisotopic (exact) mass is 232 g/mol. The molecule has 0 N–H and O–H groups in total. The lowest BCUT2D eigenvalue weighted by Crippen LogP contribution is -2.15. The summed E-state index contributed by atoms with van der Waals surface area (Å²) in [7, 11) is 1.77. The summed E-state index contributed by atoms with van der Waals surface area (Å²) in [4.78, 5) is 0. The van der Waals surface area contributed by atoms with E-state index >= 15 is 0 Å². The van der Waals surface area contributed by atoms with Crippen molar-refractivity contribution < 1.29 is 4.74 Å². The highest BCUT2D eigenvalue weighted by atomic mass is 16.5. The summed E-state index contributed by atoms with van der Waals surface area (Å²) in [5, 5.41) is 0. The zero-order chi connectivity index (χ0) is 12.8. The molecular weight excluding hydrogens is 208 g/mol. The van der Waals surface area contributed by atoms with Crippen LogP contribution in [-0.4, -0.2) is 7.11 Å². The highest BCUT2D eigenvalue weighted by Gasteiger charge is 2.40.